The van der Waals surface area contributed by atoms with Crippen molar-refractivity contribution in [1.82, 2.24) is 0 Å². The molecule has 0 unspecified atom stereocenters. The number of rotatable bonds is 3. The summed E-state index contributed by atoms with van der Waals surface area (Å²) in [4.78, 5) is 0. The molecule has 1 aliphatic rings. The largest absolute Gasteiger partial charge is 0.482 e. The van der Waals surface area contributed by atoms with Crippen LogP contribution in [0.2, 0.25) is 5.02 Å². The summed E-state index contributed by atoms with van der Waals surface area (Å²) >= 11 is 5.78. The Morgan fingerprint density at radius 3 is 2.43 bits per heavy atom. The molecule has 1 fully saturated rings. The number of benzene rings is 1. The molecule has 0 aromatic heterocycles. The van der Waals surface area contributed by atoms with E-state index in [9.17, 15) is 0 Å². The molecule has 0 spiro atoms. The van der Waals surface area contributed by atoms with E-state index in [1.165, 1.54) is 0 Å². The third kappa shape index (κ3) is 1.86. The molecule has 0 radical (unpaired) electrons. The highest BCUT2D eigenvalue weighted by Gasteiger charge is 2.39. The zero-order chi connectivity index (χ0) is 10.0. The van der Waals surface area contributed by atoms with E-state index in [0.717, 1.165) is 17.2 Å². The zero-order valence-electron chi connectivity index (χ0n) is 8.13. The van der Waals surface area contributed by atoms with Crippen LogP contribution in [0.3, 0.4) is 0 Å². The molecule has 0 bridgehead atoms. The van der Waals surface area contributed by atoms with E-state index in [2.05, 4.69) is 6.92 Å². The summed E-state index contributed by atoms with van der Waals surface area (Å²) in [6.45, 7) is 3.48. The van der Waals surface area contributed by atoms with Gasteiger partial charge in [0, 0.05) is 5.02 Å². The van der Waals surface area contributed by atoms with E-state index in [1.54, 1.807) is 0 Å². The van der Waals surface area contributed by atoms with E-state index in [1.807, 2.05) is 24.3 Å². The molecule has 3 heteroatoms. The first-order valence-electron chi connectivity index (χ1n) is 4.76. The van der Waals surface area contributed by atoms with Crippen molar-refractivity contribution in [1.29, 1.82) is 0 Å². The Morgan fingerprint density at radius 1 is 1.36 bits per heavy atom. The summed E-state index contributed by atoms with van der Waals surface area (Å²) in [7, 11) is 0. The first-order valence-corrected chi connectivity index (χ1v) is 5.14. The minimum absolute atomic E-state index is 0.103. The summed E-state index contributed by atoms with van der Waals surface area (Å²) < 4.78 is 11.0. The molecule has 76 valence electrons. The smallest absolute Gasteiger partial charge is 0.155 e. The van der Waals surface area contributed by atoms with Crippen LogP contribution in [0.5, 0.6) is 5.75 Å². The van der Waals surface area contributed by atoms with Gasteiger partial charge in [-0.2, -0.15) is 0 Å². The molecule has 0 N–H and O–H groups in total. The number of hydrogen-bond donors (Lipinski definition) is 0. The standard InChI is InChI=1S/C11H13ClO2/c1-2-11(7-13-8-11)14-10-5-3-9(12)4-6-10/h3-6H,2,7-8H2,1H3. The lowest BCUT2D eigenvalue weighted by Crippen LogP contribution is -2.53. The molecule has 1 saturated heterocycles. The Kier molecular flexibility index (Phi) is 2.66. The number of hydrogen-bond acceptors (Lipinski definition) is 2. The molecule has 2 nitrogen and oxygen atoms in total. The van der Waals surface area contributed by atoms with Crippen LogP contribution in [0.1, 0.15) is 13.3 Å². The van der Waals surface area contributed by atoms with Crippen molar-refractivity contribution in [3.05, 3.63) is 29.3 Å². The summed E-state index contributed by atoms with van der Waals surface area (Å²) in [5, 5.41) is 0.729. The molecule has 0 amide bonds. The average Bonchev–Trinajstić information content (AvgIpc) is 2.15. The minimum Gasteiger partial charge on any atom is -0.482 e. The molecule has 0 atom stereocenters. The van der Waals surface area contributed by atoms with Crippen LogP contribution in [0.25, 0.3) is 0 Å². The van der Waals surface area contributed by atoms with Gasteiger partial charge in [-0.15, -0.1) is 0 Å². The van der Waals surface area contributed by atoms with E-state index < -0.39 is 0 Å². The van der Waals surface area contributed by atoms with E-state index >= 15 is 0 Å². The second-order valence-corrected chi connectivity index (χ2v) is 4.02. The number of halogens is 1. The van der Waals surface area contributed by atoms with Gasteiger partial charge in [-0.3, -0.25) is 0 Å². The summed E-state index contributed by atoms with van der Waals surface area (Å²) in [5.74, 6) is 0.861. The van der Waals surface area contributed by atoms with Gasteiger partial charge >= 0.3 is 0 Å². The van der Waals surface area contributed by atoms with Crippen molar-refractivity contribution in [2.75, 3.05) is 13.2 Å². The van der Waals surface area contributed by atoms with Crippen LogP contribution in [-0.2, 0) is 4.74 Å². The van der Waals surface area contributed by atoms with Gasteiger partial charge in [-0.1, -0.05) is 18.5 Å². The van der Waals surface area contributed by atoms with Gasteiger partial charge in [0.25, 0.3) is 0 Å². The Labute approximate surface area is 88.8 Å². The fraction of sp³-hybridized carbons (Fsp3) is 0.455. The topological polar surface area (TPSA) is 18.5 Å². The maximum Gasteiger partial charge on any atom is 0.155 e. The van der Waals surface area contributed by atoms with Crippen LogP contribution >= 0.6 is 11.6 Å². The summed E-state index contributed by atoms with van der Waals surface area (Å²) in [6, 6.07) is 7.44. The van der Waals surface area contributed by atoms with Crippen molar-refractivity contribution in [2.24, 2.45) is 0 Å². The van der Waals surface area contributed by atoms with Crippen molar-refractivity contribution < 1.29 is 9.47 Å². The Bertz CT molecular complexity index is 298. The first kappa shape index (κ1) is 9.81. The van der Waals surface area contributed by atoms with Crippen molar-refractivity contribution in [3.63, 3.8) is 0 Å². The molecular formula is C11H13ClO2. The van der Waals surface area contributed by atoms with Gasteiger partial charge < -0.3 is 9.47 Å². The van der Waals surface area contributed by atoms with Crippen LogP contribution in [0.4, 0.5) is 0 Å². The zero-order valence-corrected chi connectivity index (χ0v) is 8.88. The highest BCUT2D eigenvalue weighted by Crippen LogP contribution is 2.28. The molecule has 1 heterocycles. The predicted molar refractivity (Wildman–Crippen MR) is 55.9 cm³/mol. The Hall–Kier alpha value is -0.730. The lowest BCUT2D eigenvalue weighted by atomic mass is 9.99. The lowest BCUT2D eigenvalue weighted by Gasteiger charge is -2.40. The maximum absolute atomic E-state index is 5.86. The summed E-state index contributed by atoms with van der Waals surface area (Å²) in [6.07, 6.45) is 0.968. The van der Waals surface area contributed by atoms with Gasteiger partial charge in [0.1, 0.15) is 5.75 Å². The SMILES string of the molecule is CCC1(Oc2ccc(Cl)cc2)COC1. The molecule has 2 rings (SSSR count). The van der Waals surface area contributed by atoms with Crippen molar-refractivity contribution in [2.45, 2.75) is 18.9 Å². The highest BCUT2D eigenvalue weighted by atomic mass is 35.5. The second kappa shape index (κ2) is 3.79. The average molecular weight is 213 g/mol. The molecule has 0 aliphatic carbocycles. The highest BCUT2D eigenvalue weighted by molar-refractivity contribution is 6.30. The van der Waals surface area contributed by atoms with Crippen LogP contribution in [0, 0.1) is 0 Å². The lowest BCUT2D eigenvalue weighted by molar-refractivity contribution is -0.162. The fourth-order valence-electron chi connectivity index (χ4n) is 1.42. The van der Waals surface area contributed by atoms with E-state index in [-0.39, 0.29) is 5.60 Å². The molecule has 14 heavy (non-hydrogen) atoms. The molecule has 0 saturated carbocycles. The van der Waals surface area contributed by atoms with Crippen molar-refractivity contribution >= 4 is 11.6 Å². The van der Waals surface area contributed by atoms with Crippen LogP contribution in [-0.4, -0.2) is 18.8 Å². The van der Waals surface area contributed by atoms with Crippen molar-refractivity contribution in [3.8, 4) is 5.75 Å². The molecular weight excluding hydrogens is 200 g/mol. The third-order valence-corrected chi connectivity index (χ3v) is 2.77. The number of ether oxygens (including phenoxy) is 2. The van der Waals surface area contributed by atoms with Gasteiger partial charge in [0.2, 0.25) is 0 Å². The van der Waals surface area contributed by atoms with Crippen LogP contribution < -0.4 is 4.74 Å². The van der Waals surface area contributed by atoms with E-state index in [4.69, 9.17) is 21.1 Å². The fourth-order valence-corrected chi connectivity index (χ4v) is 1.54. The second-order valence-electron chi connectivity index (χ2n) is 3.59. The van der Waals surface area contributed by atoms with E-state index in [0.29, 0.717) is 13.2 Å². The quantitative estimate of drug-likeness (QED) is 0.767. The first-order chi connectivity index (χ1) is 6.74. The minimum atomic E-state index is -0.103. The Balaban J connectivity index is 2.06. The Morgan fingerprint density at radius 2 is 2.00 bits per heavy atom. The molecule has 1 aromatic rings. The maximum atomic E-state index is 5.86. The van der Waals surface area contributed by atoms with Gasteiger partial charge in [-0.25, -0.2) is 0 Å². The van der Waals surface area contributed by atoms with Gasteiger partial charge in [0.05, 0.1) is 13.2 Å². The third-order valence-electron chi connectivity index (χ3n) is 2.52. The van der Waals surface area contributed by atoms with Gasteiger partial charge in [0.15, 0.2) is 5.60 Å². The molecule has 1 aromatic carbocycles. The summed E-state index contributed by atoms with van der Waals surface area (Å²) in [5.41, 5.74) is -0.103. The van der Waals surface area contributed by atoms with Gasteiger partial charge in [-0.05, 0) is 30.7 Å². The predicted octanol–water partition coefficient (Wildman–Crippen LogP) is 2.90. The normalized spacial score (nSPS) is 18.7. The molecule has 1 aliphatic heterocycles. The monoisotopic (exact) mass is 212 g/mol. The van der Waals surface area contributed by atoms with Crippen LogP contribution in [0.15, 0.2) is 24.3 Å².